The van der Waals surface area contributed by atoms with Crippen molar-refractivity contribution in [1.82, 2.24) is 0 Å². The van der Waals surface area contributed by atoms with E-state index >= 15 is 0 Å². The number of aliphatic hydroxyl groups is 3. The summed E-state index contributed by atoms with van der Waals surface area (Å²) in [6.45, 7) is 2.39. The Morgan fingerprint density at radius 2 is 1.33 bits per heavy atom. The van der Waals surface area contributed by atoms with Crippen LogP contribution in [0.25, 0.3) is 0 Å². The Hall–Kier alpha value is -0.620. The van der Waals surface area contributed by atoms with Crippen LogP contribution in [0, 0.1) is 0 Å². The van der Waals surface area contributed by atoms with E-state index in [4.69, 9.17) is 9.47 Å². The van der Waals surface area contributed by atoms with Crippen molar-refractivity contribution < 1.29 is 24.8 Å². The second-order valence-electron chi connectivity index (χ2n) is 8.87. The van der Waals surface area contributed by atoms with E-state index in [1.54, 1.807) is 6.26 Å². The van der Waals surface area contributed by atoms with Crippen molar-refractivity contribution in [2.24, 2.45) is 0 Å². The number of hydrogen-bond donors (Lipinski definition) is 3. The Balaban J connectivity index is 1.78. The van der Waals surface area contributed by atoms with Gasteiger partial charge in [0.2, 0.25) is 0 Å². The SMILES string of the molecule is CCCCCCCCCCCCCCCCC/C=C/OC[C@H](O)[C@@H]1OC[C@@H](O)[C@@H]1O. The van der Waals surface area contributed by atoms with Gasteiger partial charge in [0.05, 0.1) is 12.9 Å². The van der Waals surface area contributed by atoms with Crippen LogP contribution in [-0.2, 0) is 9.47 Å². The van der Waals surface area contributed by atoms with Crippen LogP contribution in [0.5, 0.6) is 0 Å². The molecule has 1 heterocycles. The lowest BCUT2D eigenvalue weighted by atomic mass is 10.0. The molecule has 0 aromatic rings. The zero-order valence-electron chi connectivity index (χ0n) is 19.4. The average molecular weight is 429 g/mol. The predicted molar refractivity (Wildman–Crippen MR) is 122 cm³/mol. The molecule has 0 spiro atoms. The number of hydrogen-bond acceptors (Lipinski definition) is 5. The fourth-order valence-electron chi connectivity index (χ4n) is 3.98. The van der Waals surface area contributed by atoms with Crippen LogP contribution >= 0.6 is 0 Å². The van der Waals surface area contributed by atoms with Gasteiger partial charge in [-0.3, -0.25) is 0 Å². The summed E-state index contributed by atoms with van der Waals surface area (Å²) in [5.74, 6) is 0. The molecule has 0 aromatic carbocycles. The highest BCUT2D eigenvalue weighted by atomic mass is 16.5. The van der Waals surface area contributed by atoms with Crippen molar-refractivity contribution in [3.8, 4) is 0 Å². The van der Waals surface area contributed by atoms with Gasteiger partial charge in [-0.05, 0) is 18.9 Å². The van der Waals surface area contributed by atoms with Crippen LogP contribution in [0.1, 0.15) is 110 Å². The fourth-order valence-corrected chi connectivity index (χ4v) is 3.98. The van der Waals surface area contributed by atoms with Gasteiger partial charge in [0.25, 0.3) is 0 Å². The topological polar surface area (TPSA) is 79.2 Å². The molecule has 0 saturated carbocycles. The van der Waals surface area contributed by atoms with Crippen LogP contribution < -0.4 is 0 Å². The lowest BCUT2D eigenvalue weighted by Crippen LogP contribution is -2.40. The van der Waals surface area contributed by atoms with Gasteiger partial charge in [-0.2, -0.15) is 0 Å². The van der Waals surface area contributed by atoms with Crippen LogP contribution in [0.3, 0.4) is 0 Å². The molecule has 1 aliphatic heterocycles. The molecule has 5 heteroatoms. The van der Waals surface area contributed by atoms with Gasteiger partial charge in [-0.1, -0.05) is 96.8 Å². The normalized spacial score (nSPS) is 22.7. The molecule has 1 saturated heterocycles. The Morgan fingerprint density at radius 3 is 1.80 bits per heavy atom. The number of unbranched alkanes of at least 4 members (excludes halogenated alkanes) is 15. The molecule has 30 heavy (non-hydrogen) atoms. The fraction of sp³-hybridized carbons (Fsp3) is 0.920. The van der Waals surface area contributed by atoms with E-state index < -0.39 is 24.4 Å². The number of rotatable bonds is 20. The van der Waals surface area contributed by atoms with E-state index in [9.17, 15) is 15.3 Å². The van der Waals surface area contributed by atoms with Crippen molar-refractivity contribution in [2.75, 3.05) is 13.2 Å². The Kier molecular flexibility index (Phi) is 17.4. The number of allylic oxidation sites excluding steroid dienone is 1. The molecular weight excluding hydrogens is 380 g/mol. The minimum atomic E-state index is -1.05. The van der Waals surface area contributed by atoms with Gasteiger partial charge in [0.1, 0.15) is 31.0 Å². The molecule has 0 radical (unpaired) electrons. The maximum Gasteiger partial charge on any atom is 0.117 e. The van der Waals surface area contributed by atoms with Gasteiger partial charge in [0, 0.05) is 0 Å². The van der Waals surface area contributed by atoms with Gasteiger partial charge in [-0.15, -0.1) is 0 Å². The molecule has 1 aliphatic rings. The van der Waals surface area contributed by atoms with Crippen molar-refractivity contribution in [1.29, 1.82) is 0 Å². The largest absolute Gasteiger partial charge is 0.499 e. The molecule has 1 fully saturated rings. The Morgan fingerprint density at radius 1 is 0.833 bits per heavy atom. The minimum absolute atomic E-state index is 0.0535. The lowest BCUT2D eigenvalue weighted by Gasteiger charge is -2.20. The third-order valence-electron chi connectivity index (χ3n) is 6.00. The average Bonchev–Trinajstić information content (AvgIpc) is 3.08. The second kappa shape index (κ2) is 19.1. The standard InChI is InChI=1S/C25H48O5/c1-2-3-4-5-6-7-8-9-10-11-12-13-14-15-16-17-18-19-29-20-23(27)25-24(28)22(26)21-30-25/h18-19,22-28H,2-17,20-21H2,1H3/b19-18+/t22-,23+,24+,25+/m1/s1. The van der Waals surface area contributed by atoms with Crippen molar-refractivity contribution in [3.05, 3.63) is 12.3 Å². The smallest absolute Gasteiger partial charge is 0.117 e. The monoisotopic (exact) mass is 428 g/mol. The third-order valence-corrected chi connectivity index (χ3v) is 6.00. The van der Waals surface area contributed by atoms with Crippen LogP contribution in [0.4, 0.5) is 0 Å². The second-order valence-corrected chi connectivity index (χ2v) is 8.87. The first-order valence-electron chi connectivity index (χ1n) is 12.6. The predicted octanol–water partition coefficient (Wildman–Crippen LogP) is 5.26. The van der Waals surface area contributed by atoms with E-state index in [-0.39, 0.29) is 13.2 Å². The summed E-state index contributed by atoms with van der Waals surface area (Å²) in [7, 11) is 0. The van der Waals surface area contributed by atoms with Gasteiger partial charge < -0.3 is 24.8 Å². The molecule has 0 amide bonds. The summed E-state index contributed by atoms with van der Waals surface area (Å²) < 4.78 is 10.5. The number of ether oxygens (including phenoxy) is 2. The zero-order valence-corrected chi connectivity index (χ0v) is 19.4. The highest BCUT2D eigenvalue weighted by Crippen LogP contribution is 2.18. The molecule has 0 unspecified atom stereocenters. The Labute approximate surface area is 184 Å². The highest BCUT2D eigenvalue weighted by molar-refractivity contribution is 4.88. The van der Waals surface area contributed by atoms with E-state index in [0.29, 0.717) is 0 Å². The molecule has 0 aromatic heterocycles. The third kappa shape index (κ3) is 13.6. The quantitative estimate of drug-likeness (QED) is 0.182. The maximum atomic E-state index is 9.93. The Bertz CT molecular complexity index is 401. The molecule has 0 aliphatic carbocycles. The first kappa shape index (κ1) is 27.4. The summed E-state index contributed by atoms with van der Waals surface area (Å²) in [6.07, 6.45) is 21.4. The molecule has 4 atom stereocenters. The molecule has 5 nitrogen and oxygen atoms in total. The minimum Gasteiger partial charge on any atom is -0.499 e. The summed E-state index contributed by atoms with van der Waals surface area (Å²) in [6, 6.07) is 0. The molecule has 3 N–H and O–H groups in total. The summed E-state index contributed by atoms with van der Waals surface area (Å²) >= 11 is 0. The summed E-state index contributed by atoms with van der Waals surface area (Å²) in [5.41, 5.74) is 0. The van der Waals surface area contributed by atoms with Crippen molar-refractivity contribution in [3.63, 3.8) is 0 Å². The molecule has 178 valence electrons. The van der Waals surface area contributed by atoms with E-state index in [1.165, 1.54) is 89.9 Å². The zero-order chi connectivity index (χ0) is 21.9. The van der Waals surface area contributed by atoms with Gasteiger partial charge in [0.15, 0.2) is 0 Å². The van der Waals surface area contributed by atoms with Crippen LogP contribution in [0.15, 0.2) is 12.3 Å². The molecule has 0 bridgehead atoms. The highest BCUT2D eigenvalue weighted by Gasteiger charge is 2.39. The van der Waals surface area contributed by atoms with Gasteiger partial charge in [-0.25, -0.2) is 0 Å². The first-order valence-corrected chi connectivity index (χ1v) is 12.6. The maximum absolute atomic E-state index is 9.93. The summed E-state index contributed by atoms with van der Waals surface area (Å²) in [4.78, 5) is 0. The molecule has 1 rings (SSSR count). The van der Waals surface area contributed by atoms with Crippen molar-refractivity contribution in [2.45, 2.75) is 134 Å². The van der Waals surface area contributed by atoms with Crippen molar-refractivity contribution >= 4 is 0 Å². The van der Waals surface area contributed by atoms with E-state index in [2.05, 4.69) is 6.92 Å². The van der Waals surface area contributed by atoms with Crippen LogP contribution in [-0.4, -0.2) is 52.9 Å². The first-order chi connectivity index (χ1) is 14.7. The van der Waals surface area contributed by atoms with E-state index in [0.717, 1.165) is 12.8 Å². The van der Waals surface area contributed by atoms with E-state index in [1.807, 2.05) is 6.08 Å². The van der Waals surface area contributed by atoms with Gasteiger partial charge >= 0.3 is 0 Å². The number of aliphatic hydroxyl groups excluding tert-OH is 3. The summed E-state index contributed by atoms with van der Waals surface area (Å²) in [5, 5.41) is 29.0. The van der Waals surface area contributed by atoms with Crippen LogP contribution in [0.2, 0.25) is 0 Å². The lowest BCUT2D eigenvalue weighted by molar-refractivity contribution is -0.0703. The molecular formula is C25H48O5.